The zero-order valence-electron chi connectivity index (χ0n) is 10.9. The molecule has 0 spiro atoms. The number of hydrogen-bond donors (Lipinski definition) is 0. The summed E-state index contributed by atoms with van der Waals surface area (Å²) in [6.45, 7) is 1.36. The SMILES string of the molecule is C[N+](C)(C)CCS(=O)(=O)CC[N+](C)(C)C. The molecule has 0 aliphatic rings. The largest absolute Gasteiger partial charge is 0.330 e. The van der Waals surface area contributed by atoms with Crippen molar-refractivity contribution in [3.05, 3.63) is 0 Å². The van der Waals surface area contributed by atoms with Crippen LogP contribution >= 0.6 is 0 Å². The second-order valence-corrected chi connectivity index (χ2v) is 8.48. The van der Waals surface area contributed by atoms with Crippen LogP contribution in [-0.2, 0) is 9.84 Å². The lowest BCUT2D eigenvalue weighted by Gasteiger charge is -2.25. The van der Waals surface area contributed by atoms with Crippen molar-refractivity contribution in [1.82, 2.24) is 0 Å². The Morgan fingerprint density at radius 3 is 1.20 bits per heavy atom. The molecule has 0 amide bonds. The lowest BCUT2D eigenvalue weighted by molar-refractivity contribution is -0.868. The van der Waals surface area contributed by atoms with Crippen molar-refractivity contribution in [2.75, 3.05) is 66.9 Å². The number of nitrogens with zero attached hydrogens (tertiary/aromatic N) is 2. The van der Waals surface area contributed by atoms with E-state index in [2.05, 4.69) is 0 Å². The summed E-state index contributed by atoms with van der Waals surface area (Å²) in [7, 11) is 9.18. The van der Waals surface area contributed by atoms with E-state index in [1.807, 2.05) is 42.3 Å². The lowest BCUT2D eigenvalue weighted by atomic mass is 10.6. The minimum atomic E-state index is -2.88. The van der Waals surface area contributed by atoms with Gasteiger partial charge < -0.3 is 8.97 Å². The third-order valence-electron chi connectivity index (χ3n) is 2.15. The quantitative estimate of drug-likeness (QED) is 0.601. The molecule has 92 valence electrons. The van der Waals surface area contributed by atoms with Gasteiger partial charge in [-0.05, 0) is 0 Å². The molecule has 5 heteroatoms. The predicted octanol–water partition coefficient (Wildman–Crippen LogP) is -0.186. The van der Waals surface area contributed by atoms with Gasteiger partial charge in [0.1, 0.15) is 0 Å². The van der Waals surface area contributed by atoms with E-state index in [1.165, 1.54) is 0 Å². The molecule has 0 aromatic rings. The van der Waals surface area contributed by atoms with Crippen LogP contribution in [0, 0.1) is 0 Å². The van der Waals surface area contributed by atoms with Crippen molar-refractivity contribution in [1.29, 1.82) is 0 Å². The van der Waals surface area contributed by atoms with Crippen LogP contribution in [0.25, 0.3) is 0 Å². The van der Waals surface area contributed by atoms with Crippen LogP contribution in [0.3, 0.4) is 0 Å². The van der Waals surface area contributed by atoms with E-state index in [-0.39, 0.29) is 11.5 Å². The van der Waals surface area contributed by atoms with Crippen molar-refractivity contribution in [3.8, 4) is 0 Å². The number of hydrogen-bond acceptors (Lipinski definition) is 2. The first-order valence-corrected chi connectivity index (χ1v) is 7.05. The Morgan fingerprint density at radius 1 is 0.733 bits per heavy atom. The highest BCUT2D eigenvalue weighted by molar-refractivity contribution is 7.91. The monoisotopic (exact) mass is 238 g/mol. The Hall–Kier alpha value is -0.130. The Balaban J connectivity index is 4.11. The van der Waals surface area contributed by atoms with Crippen LogP contribution in [0.4, 0.5) is 0 Å². The molecule has 4 nitrogen and oxygen atoms in total. The topological polar surface area (TPSA) is 34.1 Å². The van der Waals surface area contributed by atoms with Crippen molar-refractivity contribution in [3.63, 3.8) is 0 Å². The van der Waals surface area contributed by atoms with Gasteiger partial charge in [-0.1, -0.05) is 0 Å². The van der Waals surface area contributed by atoms with Gasteiger partial charge in [-0.2, -0.15) is 0 Å². The molecule has 0 saturated heterocycles. The zero-order valence-corrected chi connectivity index (χ0v) is 11.8. The normalized spacial score (nSPS) is 14.3. The lowest BCUT2D eigenvalue weighted by Crippen LogP contribution is -2.42. The van der Waals surface area contributed by atoms with Crippen LogP contribution < -0.4 is 0 Å². The standard InChI is InChI=1S/C10H26N2O2S/c1-11(2,3)7-9-15(13,14)10-8-12(4,5)6/h7-10H2,1-6H3/q+2. The molecule has 0 aliphatic carbocycles. The molecule has 0 radical (unpaired) electrons. The molecule has 0 aromatic heterocycles. The average molecular weight is 238 g/mol. The molecule has 0 fully saturated rings. The molecule has 0 aliphatic heterocycles. The Labute approximate surface area is 94.6 Å². The summed E-state index contributed by atoms with van der Waals surface area (Å²) in [6, 6.07) is 0. The average Bonchev–Trinajstić information content (AvgIpc) is 1.96. The maximum absolute atomic E-state index is 11.7. The molecule has 0 heterocycles. The predicted molar refractivity (Wildman–Crippen MR) is 64.5 cm³/mol. The summed E-state index contributed by atoms with van der Waals surface area (Å²) in [6.07, 6.45) is 0. The second kappa shape index (κ2) is 4.80. The van der Waals surface area contributed by atoms with Gasteiger partial charge >= 0.3 is 0 Å². The first kappa shape index (κ1) is 14.9. The fraction of sp³-hybridized carbons (Fsp3) is 1.00. The molecule has 0 bridgehead atoms. The van der Waals surface area contributed by atoms with E-state index in [9.17, 15) is 8.42 Å². The maximum Gasteiger partial charge on any atom is 0.161 e. The highest BCUT2D eigenvalue weighted by Gasteiger charge is 2.19. The Kier molecular flexibility index (Phi) is 4.76. The molecular weight excluding hydrogens is 212 g/mol. The van der Waals surface area contributed by atoms with Gasteiger partial charge in [-0.15, -0.1) is 0 Å². The van der Waals surface area contributed by atoms with Crippen molar-refractivity contribution in [2.45, 2.75) is 0 Å². The first-order valence-electron chi connectivity index (χ1n) is 5.23. The van der Waals surface area contributed by atoms with Crippen LogP contribution in [-0.4, -0.2) is 84.3 Å². The van der Waals surface area contributed by atoms with Crippen LogP contribution in [0.2, 0.25) is 0 Å². The molecule has 15 heavy (non-hydrogen) atoms. The van der Waals surface area contributed by atoms with Gasteiger partial charge in [-0.25, -0.2) is 8.42 Å². The van der Waals surface area contributed by atoms with Gasteiger partial charge in [-0.3, -0.25) is 0 Å². The van der Waals surface area contributed by atoms with Gasteiger partial charge in [0.25, 0.3) is 0 Å². The van der Waals surface area contributed by atoms with Gasteiger partial charge in [0.05, 0.1) is 66.9 Å². The van der Waals surface area contributed by atoms with Gasteiger partial charge in [0, 0.05) is 0 Å². The van der Waals surface area contributed by atoms with Crippen molar-refractivity contribution in [2.24, 2.45) is 0 Å². The third kappa shape index (κ3) is 10.2. The molecular formula is C10H26N2O2S+2. The van der Waals surface area contributed by atoms with Crippen LogP contribution in [0.1, 0.15) is 0 Å². The van der Waals surface area contributed by atoms with E-state index in [4.69, 9.17) is 0 Å². The molecule has 0 aromatic carbocycles. The fourth-order valence-electron chi connectivity index (χ4n) is 0.928. The zero-order chi connectivity index (χ0) is 12.3. The highest BCUT2D eigenvalue weighted by Crippen LogP contribution is 1.99. The van der Waals surface area contributed by atoms with Gasteiger partial charge in [0.2, 0.25) is 0 Å². The summed E-state index contributed by atoms with van der Waals surface area (Å²) in [5.74, 6) is 0.576. The molecule has 0 unspecified atom stereocenters. The minimum absolute atomic E-state index is 0.288. The fourth-order valence-corrected chi connectivity index (χ4v) is 2.78. The van der Waals surface area contributed by atoms with E-state index in [1.54, 1.807) is 0 Å². The van der Waals surface area contributed by atoms with E-state index < -0.39 is 9.84 Å². The highest BCUT2D eigenvalue weighted by atomic mass is 32.2. The van der Waals surface area contributed by atoms with Crippen LogP contribution in [0.5, 0.6) is 0 Å². The van der Waals surface area contributed by atoms with E-state index in [0.717, 1.165) is 0 Å². The number of sulfone groups is 1. The van der Waals surface area contributed by atoms with Crippen molar-refractivity contribution < 1.29 is 17.4 Å². The number of quaternary nitrogens is 2. The Bertz CT molecular complexity index is 260. The molecule has 0 rings (SSSR count). The van der Waals surface area contributed by atoms with Gasteiger partial charge in [0.15, 0.2) is 9.84 Å². The summed E-state index contributed by atoms with van der Waals surface area (Å²) in [4.78, 5) is 0. The Morgan fingerprint density at radius 2 is 1.00 bits per heavy atom. The first-order chi connectivity index (χ1) is 6.41. The number of rotatable bonds is 6. The summed E-state index contributed by atoms with van der Waals surface area (Å²) >= 11 is 0. The smallest absolute Gasteiger partial charge is 0.161 e. The molecule has 0 saturated carbocycles. The van der Waals surface area contributed by atoms with E-state index in [0.29, 0.717) is 22.1 Å². The summed E-state index contributed by atoms with van der Waals surface area (Å²) in [5, 5.41) is 0. The molecule has 0 N–H and O–H groups in total. The minimum Gasteiger partial charge on any atom is -0.330 e. The summed E-state index contributed by atoms with van der Waals surface area (Å²) < 4.78 is 24.8. The maximum atomic E-state index is 11.7. The van der Waals surface area contributed by atoms with E-state index >= 15 is 0 Å². The summed E-state index contributed by atoms with van der Waals surface area (Å²) in [5.41, 5.74) is 0. The third-order valence-corrected chi connectivity index (χ3v) is 3.76. The molecule has 0 atom stereocenters. The second-order valence-electron chi connectivity index (χ2n) is 6.18. The van der Waals surface area contributed by atoms with Crippen LogP contribution in [0.15, 0.2) is 0 Å². The van der Waals surface area contributed by atoms with Crippen molar-refractivity contribution >= 4 is 9.84 Å².